The van der Waals surface area contributed by atoms with Crippen LogP contribution in [0.5, 0.6) is 0 Å². The minimum absolute atomic E-state index is 0.281. The average Bonchev–Trinajstić information content (AvgIpc) is 3.55. The van der Waals surface area contributed by atoms with Gasteiger partial charge in [-0.25, -0.2) is 9.37 Å². The number of nitrogens with zero attached hydrogens (tertiary/aromatic N) is 2. The van der Waals surface area contributed by atoms with Gasteiger partial charge in [0.1, 0.15) is 12.0 Å². The quantitative estimate of drug-likeness (QED) is 0.440. The predicted molar refractivity (Wildman–Crippen MR) is 119 cm³/mol. The molecular formula is C23H26FN5O2. The van der Waals surface area contributed by atoms with Crippen molar-refractivity contribution in [3.05, 3.63) is 54.4 Å². The molecule has 2 heterocycles. The van der Waals surface area contributed by atoms with Crippen molar-refractivity contribution >= 4 is 34.0 Å². The van der Waals surface area contributed by atoms with Crippen LogP contribution < -0.4 is 16.0 Å². The van der Waals surface area contributed by atoms with Gasteiger partial charge < -0.3 is 21.1 Å². The molecule has 3 aromatic rings. The van der Waals surface area contributed by atoms with Gasteiger partial charge in [-0.1, -0.05) is 6.07 Å². The lowest BCUT2D eigenvalue weighted by molar-refractivity contribution is -0.00177. The molecule has 1 aliphatic carbocycles. The minimum Gasteiger partial charge on any atom is -0.387 e. The number of aromatic nitrogens is 2. The van der Waals surface area contributed by atoms with Crippen LogP contribution in [0.4, 0.5) is 21.6 Å². The number of nitrogens with one attached hydrogen (secondary N) is 3. The number of benzene rings is 1. The van der Waals surface area contributed by atoms with Gasteiger partial charge in [0, 0.05) is 35.6 Å². The van der Waals surface area contributed by atoms with Crippen molar-refractivity contribution in [2.24, 2.45) is 0 Å². The number of carbonyl (C=O) groups excluding carboxylic acids is 1. The van der Waals surface area contributed by atoms with Gasteiger partial charge >= 0.3 is 0 Å². The molecule has 4 rings (SSSR count). The third-order valence-electron chi connectivity index (χ3n) is 5.17. The van der Waals surface area contributed by atoms with Crippen molar-refractivity contribution < 1.29 is 14.3 Å². The molecule has 1 aromatic carbocycles. The third-order valence-corrected chi connectivity index (χ3v) is 5.17. The van der Waals surface area contributed by atoms with Crippen LogP contribution in [0.1, 0.15) is 37.0 Å². The number of amides is 1. The number of rotatable bonds is 8. The molecule has 7 nitrogen and oxygen atoms in total. The van der Waals surface area contributed by atoms with Gasteiger partial charge in [0.2, 0.25) is 0 Å². The molecule has 1 fully saturated rings. The summed E-state index contributed by atoms with van der Waals surface area (Å²) < 4.78 is 14.0. The molecule has 8 heteroatoms. The van der Waals surface area contributed by atoms with E-state index in [1.807, 2.05) is 30.3 Å². The van der Waals surface area contributed by atoms with Gasteiger partial charge in [-0.2, -0.15) is 0 Å². The zero-order chi connectivity index (χ0) is 22.0. The van der Waals surface area contributed by atoms with E-state index in [-0.39, 0.29) is 6.54 Å². The molecule has 0 bridgehead atoms. The van der Waals surface area contributed by atoms with Gasteiger partial charge in [-0.05, 0) is 51.0 Å². The summed E-state index contributed by atoms with van der Waals surface area (Å²) >= 11 is 0. The number of pyridine rings is 2. The van der Waals surface area contributed by atoms with Crippen molar-refractivity contribution in [3.63, 3.8) is 0 Å². The van der Waals surface area contributed by atoms with Crippen LogP contribution in [0, 0.1) is 0 Å². The molecule has 0 spiro atoms. The maximum Gasteiger partial charge on any atom is 0.255 e. The summed E-state index contributed by atoms with van der Waals surface area (Å²) in [6.07, 6.45) is 3.72. The fourth-order valence-corrected chi connectivity index (χ4v) is 3.10. The first-order valence-electron chi connectivity index (χ1n) is 10.3. The van der Waals surface area contributed by atoms with Gasteiger partial charge in [0.15, 0.2) is 0 Å². The molecule has 1 atom stereocenters. The maximum absolute atomic E-state index is 14.0. The van der Waals surface area contributed by atoms with E-state index in [1.54, 1.807) is 12.3 Å². The second kappa shape index (κ2) is 8.47. The Morgan fingerprint density at radius 3 is 2.81 bits per heavy atom. The largest absolute Gasteiger partial charge is 0.387 e. The lowest BCUT2D eigenvalue weighted by Gasteiger charge is -2.22. The number of anilines is 3. The highest BCUT2D eigenvalue weighted by Gasteiger charge is 2.28. The number of carbonyl (C=O) groups is 1. The first-order chi connectivity index (χ1) is 14.8. The Kier molecular flexibility index (Phi) is 5.73. The zero-order valence-electron chi connectivity index (χ0n) is 17.5. The minimum atomic E-state index is -1.58. The van der Waals surface area contributed by atoms with E-state index in [4.69, 9.17) is 0 Å². The van der Waals surface area contributed by atoms with E-state index in [9.17, 15) is 14.3 Å². The lowest BCUT2D eigenvalue weighted by Crippen LogP contribution is -2.42. The summed E-state index contributed by atoms with van der Waals surface area (Å²) in [7, 11) is 0. The smallest absolute Gasteiger partial charge is 0.255 e. The number of halogens is 1. The van der Waals surface area contributed by atoms with Gasteiger partial charge in [0.05, 0.1) is 28.9 Å². The summed E-state index contributed by atoms with van der Waals surface area (Å²) in [5, 5.41) is 19.9. The van der Waals surface area contributed by atoms with Crippen LogP contribution in [0.25, 0.3) is 10.9 Å². The Morgan fingerprint density at radius 2 is 2.06 bits per heavy atom. The van der Waals surface area contributed by atoms with E-state index < -0.39 is 17.7 Å². The predicted octanol–water partition coefficient (Wildman–Crippen LogP) is 3.79. The molecule has 0 saturated heterocycles. The first kappa shape index (κ1) is 21.0. The number of alkyl halides is 1. The molecule has 2 aromatic heterocycles. The van der Waals surface area contributed by atoms with Crippen LogP contribution in [-0.4, -0.2) is 45.3 Å². The molecule has 162 valence electrons. The van der Waals surface area contributed by atoms with Crippen LogP contribution in [0.3, 0.4) is 0 Å². The van der Waals surface area contributed by atoms with Gasteiger partial charge in [0.25, 0.3) is 5.91 Å². The number of aliphatic hydroxyl groups is 1. The van der Waals surface area contributed by atoms with Crippen molar-refractivity contribution in [1.82, 2.24) is 15.3 Å². The molecular weight excluding hydrogens is 397 g/mol. The SMILES string of the molecule is CC(C)(O)C(F)CNC(=O)c1cnc(Nc2ccc3ncccc3c2)cc1NC1CC1. The Morgan fingerprint density at radius 1 is 1.26 bits per heavy atom. The van der Waals surface area contributed by atoms with Gasteiger partial charge in [-0.3, -0.25) is 9.78 Å². The molecule has 1 aliphatic rings. The Hall–Kier alpha value is -3.26. The second-order valence-corrected chi connectivity index (χ2v) is 8.40. The Balaban J connectivity index is 1.52. The second-order valence-electron chi connectivity index (χ2n) is 8.40. The standard InChI is InChI=1S/C23H26FN5O2/c1-23(2,31)20(24)13-27-22(30)17-12-26-21(11-19(17)28-15-5-6-15)29-16-7-8-18-14(10-16)4-3-9-25-18/h3-4,7-12,15,20,31H,5-6,13H2,1-2H3,(H,27,30)(H2,26,28,29). The summed E-state index contributed by atoms with van der Waals surface area (Å²) in [6, 6.07) is 11.8. The van der Waals surface area contributed by atoms with E-state index >= 15 is 0 Å². The Labute approximate surface area is 180 Å². The molecule has 1 unspecified atom stereocenters. The highest BCUT2D eigenvalue weighted by atomic mass is 19.1. The fourth-order valence-electron chi connectivity index (χ4n) is 3.10. The van der Waals surface area contributed by atoms with Gasteiger partial charge in [-0.15, -0.1) is 0 Å². The third kappa shape index (κ3) is 5.27. The summed E-state index contributed by atoms with van der Waals surface area (Å²) in [6.45, 7) is 2.46. The molecule has 31 heavy (non-hydrogen) atoms. The van der Waals surface area contributed by atoms with Crippen molar-refractivity contribution in [3.8, 4) is 0 Å². The van der Waals surface area contributed by atoms with Crippen molar-refractivity contribution in [1.29, 1.82) is 0 Å². The highest BCUT2D eigenvalue weighted by molar-refractivity contribution is 6.00. The molecule has 0 radical (unpaired) electrons. The maximum atomic E-state index is 14.0. The summed E-state index contributed by atoms with van der Waals surface area (Å²) in [5.41, 5.74) is 1.21. The van der Waals surface area contributed by atoms with E-state index in [2.05, 4.69) is 25.9 Å². The average molecular weight is 423 g/mol. The van der Waals surface area contributed by atoms with Crippen molar-refractivity contribution in [2.75, 3.05) is 17.2 Å². The summed E-state index contributed by atoms with van der Waals surface area (Å²) in [4.78, 5) is 21.3. The Bertz CT molecular complexity index is 1090. The van der Waals surface area contributed by atoms with Crippen LogP contribution in [0.15, 0.2) is 48.8 Å². The zero-order valence-corrected chi connectivity index (χ0v) is 17.5. The van der Waals surface area contributed by atoms with Crippen LogP contribution in [0.2, 0.25) is 0 Å². The molecule has 4 N–H and O–H groups in total. The summed E-state index contributed by atoms with van der Waals surface area (Å²) in [5.74, 6) is 0.147. The topological polar surface area (TPSA) is 99.2 Å². The lowest BCUT2D eigenvalue weighted by atomic mass is 10.0. The normalized spacial score (nSPS) is 14.8. The molecule has 1 amide bonds. The van der Waals surface area contributed by atoms with Crippen molar-refractivity contribution in [2.45, 2.75) is 44.5 Å². The first-order valence-corrected chi connectivity index (χ1v) is 10.3. The number of fused-ring (bicyclic) bond motifs is 1. The van der Waals surface area contributed by atoms with Crippen LogP contribution in [-0.2, 0) is 0 Å². The van der Waals surface area contributed by atoms with E-state index in [0.717, 1.165) is 29.4 Å². The molecule has 1 saturated carbocycles. The number of hydrogen-bond donors (Lipinski definition) is 4. The fraction of sp³-hybridized carbons (Fsp3) is 0.348. The monoisotopic (exact) mass is 423 g/mol. The van der Waals surface area contributed by atoms with E-state index in [1.165, 1.54) is 20.0 Å². The number of hydrogen-bond acceptors (Lipinski definition) is 6. The highest BCUT2D eigenvalue weighted by Crippen LogP contribution is 2.29. The molecule has 0 aliphatic heterocycles. The van der Waals surface area contributed by atoms with E-state index in [0.29, 0.717) is 23.1 Å². The van der Waals surface area contributed by atoms with Crippen LogP contribution >= 0.6 is 0 Å².